The van der Waals surface area contributed by atoms with Crippen molar-refractivity contribution < 1.29 is 14.3 Å². The van der Waals surface area contributed by atoms with Gasteiger partial charge in [0, 0.05) is 16.2 Å². The molecule has 26 heavy (non-hydrogen) atoms. The van der Waals surface area contributed by atoms with Crippen molar-refractivity contribution in [2.24, 2.45) is 17.8 Å². The average Bonchev–Trinajstić information content (AvgIpc) is 2.86. The topological polar surface area (TPSA) is 60.3 Å². The molecule has 1 N–H and O–H groups in total. The van der Waals surface area contributed by atoms with Gasteiger partial charge in [-0.25, -0.2) is 9.36 Å². The predicted octanol–water partition coefficient (Wildman–Crippen LogP) is 4.73. The molecule has 0 aliphatic heterocycles. The summed E-state index contributed by atoms with van der Waals surface area (Å²) in [6, 6.07) is 1.69. The Bertz CT molecular complexity index is 711. The third-order valence-corrected chi connectivity index (χ3v) is 6.46. The van der Waals surface area contributed by atoms with E-state index in [1.54, 1.807) is 12.3 Å². The Balaban J connectivity index is 1.55. The molecule has 4 aliphatic carbocycles. The van der Waals surface area contributed by atoms with E-state index in [0.717, 1.165) is 37.0 Å². The number of nitrogens with zero attached hydrogens (tertiary/aromatic N) is 1. The number of aromatic nitrogens is 1. The fourth-order valence-electron chi connectivity index (χ4n) is 5.64. The second-order valence-electron chi connectivity index (χ2n) is 9.55. The van der Waals surface area contributed by atoms with Crippen LogP contribution in [0.25, 0.3) is 0 Å². The molecule has 4 fully saturated rings. The summed E-state index contributed by atoms with van der Waals surface area (Å²) in [5, 5.41) is 3.32. The minimum atomic E-state index is -0.610. The number of ether oxygens (including phenoxy) is 1. The summed E-state index contributed by atoms with van der Waals surface area (Å²) in [5.41, 5.74) is -0.357. The van der Waals surface area contributed by atoms with E-state index in [4.69, 9.17) is 4.74 Å². The largest absolute Gasteiger partial charge is 0.443 e. The van der Waals surface area contributed by atoms with Crippen LogP contribution in [0.1, 0.15) is 69.8 Å². The molecule has 1 heterocycles. The number of halogens is 1. The van der Waals surface area contributed by atoms with Gasteiger partial charge < -0.3 is 10.1 Å². The molecule has 142 valence electrons. The molecule has 0 unspecified atom stereocenters. The van der Waals surface area contributed by atoms with E-state index in [2.05, 4.69) is 21.2 Å². The van der Waals surface area contributed by atoms with Gasteiger partial charge in [0.25, 0.3) is 5.91 Å². The number of carbonyl (C=O) groups is 2. The molecule has 1 amide bonds. The Morgan fingerprint density at radius 1 is 1.15 bits per heavy atom. The molecule has 5 nitrogen and oxygen atoms in total. The third-order valence-electron chi connectivity index (χ3n) is 6.03. The summed E-state index contributed by atoms with van der Waals surface area (Å²) >= 11 is 3.38. The zero-order valence-corrected chi connectivity index (χ0v) is 17.3. The van der Waals surface area contributed by atoms with Crippen LogP contribution in [-0.2, 0) is 4.74 Å². The minimum Gasteiger partial charge on any atom is -0.443 e. The van der Waals surface area contributed by atoms with Gasteiger partial charge >= 0.3 is 6.09 Å². The Hall–Kier alpha value is -1.30. The molecular weight excluding hydrogens is 396 g/mol. The second-order valence-corrected chi connectivity index (χ2v) is 10.5. The highest BCUT2D eigenvalue weighted by molar-refractivity contribution is 9.10. The first-order chi connectivity index (χ1) is 12.1. The van der Waals surface area contributed by atoms with Crippen LogP contribution >= 0.6 is 15.9 Å². The molecule has 1 aromatic heterocycles. The first kappa shape index (κ1) is 18.1. The highest BCUT2D eigenvalue weighted by atomic mass is 79.9. The van der Waals surface area contributed by atoms with Crippen molar-refractivity contribution in [3.63, 3.8) is 0 Å². The standard InChI is InChI=1S/C20H27BrN2O3/c1-19(2,3)26-18(25)23-11-15(21)7-16(23)17(24)22-20-8-12-4-13(9-20)6-14(5-12)10-20/h7,11-14H,4-6,8-10H2,1-3H3,(H,22,24). The fraction of sp³-hybridized carbons (Fsp3) is 0.700. The van der Waals surface area contributed by atoms with Gasteiger partial charge in [0.2, 0.25) is 0 Å². The molecule has 1 aromatic rings. The molecular formula is C20H27BrN2O3. The smallest absolute Gasteiger partial charge is 0.419 e. The highest BCUT2D eigenvalue weighted by Gasteiger charge is 2.51. The Morgan fingerprint density at radius 2 is 1.69 bits per heavy atom. The lowest BCUT2D eigenvalue weighted by Crippen LogP contribution is -2.60. The van der Waals surface area contributed by atoms with Crippen molar-refractivity contribution in [3.8, 4) is 0 Å². The van der Waals surface area contributed by atoms with Crippen LogP contribution < -0.4 is 5.32 Å². The van der Waals surface area contributed by atoms with Gasteiger partial charge in [0.05, 0.1) is 0 Å². The number of rotatable bonds is 2. The van der Waals surface area contributed by atoms with Crippen LogP contribution in [0.2, 0.25) is 0 Å². The van der Waals surface area contributed by atoms with Gasteiger partial charge in [-0.15, -0.1) is 0 Å². The summed E-state index contributed by atoms with van der Waals surface area (Å²) in [6.45, 7) is 5.45. The maximum Gasteiger partial charge on any atom is 0.419 e. The fourth-order valence-corrected chi connectivity index (χ4v) is 6.06. The molecule has 4 aliphatic rings. The van der Waals surface area contributed by atoms with E-state index < -0.39 is 11.7 Å². The Labute approximate surface area is 163 Å². The third kappa shape index (κ3) is 3.45. The van der Waals surface area contributed by atoms with Gasteiger partial charge in [-0.05, 0) is 99.0 Å². The summed E-state index contributed by atoms with van der Waals surface area (Å²) in [4.78, 5) is 25.6. The molecule has 0 saturated heterocycles. The van der Waals surface area contributed by atoms with Crippen LogP contribution in [0, 0.1) is 17.8 Å². The summed E-state index contributed by atoms with van der Waals surface area (Å²) in [5.74, 6) is 2.09. The SMILES string of the molecule is CC(C)(C)OC(=O)n1cc(Br)cc1C(=O)NC12CC3CC(CC(C3)C1)C2. The first-order valence-corrected chi connectivity index (χ1v) is 10.4. The average molecular weight is 423 g/mol. The highest BCUT2D eigenvalue weighted by Crippen LogP contribution is 2.55. The summed E-state index contributed by atoms with van der Waals surface area (Å²) < 4.78 is 7.45. The maximum atomic E-state index is 13.1. The molecule has 4 bridgehead atoms. The number of hydrogen-bond acceptors (Lipinski definition) is 3. The van der Waals surface area contributed by atoms with Crippen molar-refractivity contribution >= 4 is 27.9 Å². The van der Waals surface area contributed by atoms with Gasteiger partial charge in [0.15, 0.2) is 0 Å². The molecule has 5 rings (SSSR count). The maximum absolute atomic E-state index is 13.1. The van der Waals surface area contributed by atoms with E-state index >= 15 is 0 Å². The van der Waals surface area contributed by atoms with Crippen molar-refractivity contribution in [1.29, 1.82) is 0 Å². The van der Waals surface area contributed by atoms with E-state index in [1.807, 2.05) is 20.8 Å². The van der Waals surface area contributed by atoms with Crippen LogP contribution in [0.3, 0.4) is 0 Å². The van der Waals surface area contributed by atoms with E-state index in [0.29, 0.717) is 10.2 Å². The van der Waals surface area contributed by atoms with Crippen molar-refractivity contribution in [2.45, 2.75) is 70.4 Å². The zero-order valence-electron chi connectivity index (χ0n) is 15.7. The number of nitrogens with one attached hydrogen (secondary N) is 1. The first-order valence-electron chi connectivity index (χ1n) is 9.56. The lowest BCUT2D eigenvalue weighted by atomic mass is 9.53. The summed E-state index contributed by atoms with van der Waals surface area (Å²) in [7, 11) is 0. The van der Waals surface area contributed by atoms with Crippen LogP contribution in [0.15, 0.2) is 16.7 Å². The number of carbonyl (C=O) groups excluding carboxylic acids is 2. The number of amides is 1. The zero-order chi connectivity index (χ0) is 18.7. The molecule has 6 heteroatoms. The van der Waals surface area contributed by atoms with Crippen molar-refractivity contribution in [3.05, 3.63) is 22.4 Å². The quantitative estimate of drug-likeness (QED) is 0.748. The molecule has 4 saturated carbocycles. The normalized spacial score (nSPS) is 32.5. The molecule has 0 aromatic carbocycles. The van der Waals surface area contributed by atoms with Crippen molar-refractivity contribution in [2.75, 3.05) is 0 Å². The van der Waals surface area contributed by atoms with Crippen LogP contribution in [-0.4, -0.2) is 27.7 Å². The molecule has 0 radical (unpaired) electrons. The van der Waals surface area contributed by atoms with Crippen LogP contribution in [0.5, 0.6) is 0 Å². The molecule has 0 spiro atoms. The van der Waals surface area contributed by atoms with Crippen molar-refractivity contribution in [1.82, 2.24) is 9.88 Å². The Morgan fingerprint density at radius 3 is 2.19 bits per heavy atom. The Kier molecular flexibility index (Phi) is 4.25. The van der Waals surface area contributed by atoms with Gasteiger partial charge in [-0.2, -0.15) is 0 Å². The van der Waals surface area contributed by atoms with Gasteiger partial charge in [-0.3, -0.25) is 4.79 Å². The van der Waals surface area contributed by atoms with Gasteiger partial charge in [-0.1, -0.05) is 0 Å². The lowest BCUT2D eigenvalue weighted by Gasteiger charge is -2.56. The monoisotopic (exact) mass is 422 g/mol. The van der Waals surface area contributed by atoms with Gasteiger partial charge in [0.1, 0.15) is 11.3 Å². The second kappa shape index (κ2) is 6.11. The molecule has 0 atom stereocenters. The lowest BCUT2D eigenvalue weighted by molar-refractivity contribution is -0.0169. The van der Waals surface area contributed by atoms with E-state index in [-0.39, 0.29) is 11.4 Å². The van der Waals surface area contributed by atoms with Crippen LogP contribution in [0.4, 0.5) is 4.79 Å². The minimum absolute atomic E-state index is 0.0820. The predicted molar refractivity (Wildman–Crippen MR) is 102 cm³/mol. The number of hydrogen-bond donors (Lipinski definition) is 1. The van der Waals surface area contributed by atoms with E-state index in [9.17, 15) is 9.59 Å². The summed E-state index contributed by atoms with van der Waals surface area (Å²) in [6.07, 6.45) is 8.30. The van der Waals surface area contributed by atoms with E-state index in [1.165, 1.54) is 23.8 Å².